The molecule has 0 radical (unpaired) electrons. The van der Waals surface area contributed by atoms with Crippen LogP contribution in [-0.2, 0) is 26.9 Å². The van der Waals surface area contributed by atoms with E-state index in [-0.39, 0.29) is 37.2 Å². The molecule has 1 aromatic rings. The van der Waals surface area contributed by atoms with Crippen molar-refractivity contribution in [2.75, 3.05) is 0 Å². The molecule has 2 rings (SSSR count). The molecule has 5 heteroatoms. The molecular formula is C17H23Cl3SiTi. The average molecular weight is 410 g/mol. The summed E-state index contributed by atoms with van der Waals surface area (Å²) >= 11 is 2.33. The Hall–Kier alpha value is 0.501. The number of halogens is 3. The van der Waals surface area contributed by atoms with Crippen molar-refractivity contribution in [3.05, 3.63) is 55.6 Å². The summed E-state index contributed by atoms with van der Waals surface area (Å²) < 4.78 is 1.58. The van der Waals surface area contributed by atoms with E-state index in [0.717, 1.165) is 6.42 Å². The minimum atomic E-state index is -1.16. The summed E-state index contributed by atoms with van der Waals surface area (Å²) in [7, 11) is -1.16. The van der Waals surface area contributed by atoms with Crippen LogP contribution < -0.4 is 37.2 Å². The van der Waals surface area contributed by atoms with Gasteiger partial charge >= 0.3 is 130 Å². The van der Waals surface area contributed by atoms with E-state index in [4.69, 9.17) is 0 Å². The SMILES string of the molecule is Cc1cc(C)cc(CC2=[C]([Ti+3])C([Si](C)(C)C)=CC2)c1.[Cl-].[Cl-].[Cl-]. The predicted octanol–water partition coefficient (Wildman–Crippen LogP) is -4.13. The molecule has 0 aromatic heterocycles. The van der Waals surface area contributed by atoms with Crippen molar-refractivity contribution in [3.8, 4) is 0 Å². The van der Waals surface area contributed by atoms with Gasteiger partial charge in [0.15, 0.2) is 0 Å². The number of aryl methyl sites for hydroxylation is 2. The summed E-state index contributed by atoms with van der Waals surface area (Å²) in [4.78, 5) is 0. The van der Waals surface area contributed by atoms with Gasteiger partial charge in [-0.15, -0.1) is 0 Å². The third kappa shape index (κ3) is 6.19. The van der Waals surface area contributed by atoms with Gasteiger partial charge in [0.05, 0.1) is 0 Å². The maximum Gasteiger partial charge on any atom is -1.00 e. The van der Waals surface area contributed by atoms with Crippen molar-refractivity contribution in [3.63, 3.8) is 0 Å². The van der Waals surface area contributed by atoms with Gasteiger partial charge in [-0.25, -0.2) is 0 Å². The Morgan fingerprint density at radius 2 is 1.45 bits per heavy atom. The number of hydrogen-bond donors (Lipinski definition) is 0. The zero-order valence-electron chi connectivity index (χ0n) is 13.9. The fourth-order valence-corrected chi connectivity index (χ4v) is 6.73. The van der Waals surface area contributed by atoms with Crippen LogP contribution in [0.5, 0.6) is 0 Å². The van der Waals surface area contributed by atoms with Gasteiger partial charge in [0.1, 0.15) is 0 Å². The maximum atomic E-state index is 2.49. The molecule has 1 aromatic carbocycles. The zero-order valence-corrected chi connectivity index (χ0v) is 18.7. The summed E-state index contributed by atoms with van der Waals surface area (Å²) in [6, 6.07) is 6.92. The van der Waals surface area contributed by atoms with Gasteiger partial charge in [0.25, 0.3) is 0 Å². The second-order valence-corrected chi connectivity index (χ2v) is 12.5. The van der Waals surface area contributed by atoms with E-state index in [0.29, 0.717) is 0 Å². The van der Waals surface area contributed by atoms with Crippen molar-refractivity contribution < 1.29 is 57.7 Å². The molecule has 0 unspecified atom stereocenters. The molecule has 0 spiro atoms. The molecule has 0 nitrogen and oxygen atoms in total. The minimum absolute atomic E-state index is 0. The summed E-state index contributed by atoms with van der Waals surface area (Å²) in [5.41, 5.74) is 5.86. The van der Waals surface area contributed by atoms with Crippen LogP contribution in [0, 0.1) is 13.8 Å². The number of benzene rings is 1. The predicted molar refractivity (Wildman–Crippen MR) is 82.7 cm³/mol. The second-order valence-electron chi connectivity index (χ2n) is 6.72. The van der Waals surface area contributed by atoms with Crippen LogP contribution in [0.3, 0.4) is 0 Å². The Labute approximate surface area is 166 Å². The molecule has 0 bridgehead atoms. The first kappa shape index (κ1) is 24.7. The first-order valence-corrected chi connectivity index (χ1v) is 11.3. The fourth-order valence-electron chi connectivity index (χ4n) is 2.88. The normalized spacial score (nSPS) is 13.9. The molecule has 0 fully saturated rings. The average Bonchev–Trinajstić information content (AvgIpc) is 2.58. The van der Waals surface area contributed by atoms with Gasteiger partial charge in [-0.2, -0.15) is 0 Å². The van der Waals surface area contributed by atoms with Gasteiger partial charge in [0, 0.05) is 0 Å². The van der Waals surface area contributed by atoms with Crippen molar-refractivity contribution in [1.29, 1.82) is 0 Å². The monoisotopic (exact) mass is 408 g/mol. The Kier molecular flexibility index (Phi) is 10.9. The van der Waals surface area contributed by atoms with E-state index in [1.54, 1.807) is 14.6 Å². The van der Waals surface area contributed by atoms with E-state index in [1.807, 2.05) is 0 Å². The molecule has 0 aliphatic heterocycles. The first-order chi connectivity index (χ1) is 8.77. The zero-order chi connectivity index (χ0) is 14.2. The Morgan fingerprint density at radius 1 is 0.955 bits per heavy atom. The van der Waals surface area contributed by atoms with E-state index in [9.17, 15) is 0 Å². The summed E-state index contributed by atoms with van der Waals surface area (Å²) in [5.74, 6) is 0. The van der Waals surface area contributed by atoms with Gasteiger partial charge in [-0.05, 0) is 0 Å². The molecule has 22 heavy (non-hydrogen) atoms. The Bertz CT molecular complexity index is 552. The molecular weight excluding hydrogens is 386 g/mol. The van der Waals surface area contributed by atoms with Crippen LogP contribution in [-0.4, -0.2) is 8.07 Å². The van der Waals surface area contributed by atoms with Crippen LogP contribution in [0.1, 0.15) is 23.1 Å². The molecule has 0 amide bonds. The van der Waals surface area contributed by atoms with E-state index < -0.39 is 8.07 Å². The van der Waals surface area contributed by atoms with E-state index in [2.05, 4.69) is 78.2 Å². The van der Waals surface area contributed by atoms with E-state index >= 15 is 0 Å². The minimum Gasteiger partial charge on any atom is -1.00 e. The fraction of sp³-hybridized carbons (Fsp3) is 0.412. The summed E-state index contributed by atoms with van der Waals surface area (Å²) in [6.07, 6.45) is 4.77. The van der Waals surface area contributed by atoms with Gasteiger partial charge in [-0.1, -0.05) is 0 Å². The van der Waals surface area contributed by atoms with E-state index in [1.165, 1.54) is 23.1 Å². The van der Waals surface area contributed by atoms with Crippen LogP contribution in [0.4, 0.5) is 0 Å². The van der Waals surface area contributed by atoms with Crippen LogP contribution in [0.2, 0.25) is 19.6 Å². The molecule has 0 N–H and O–H groups in total. The van der Waals surface area contributed by atoms with Crippen LogP contribution in [0.25, 0.3) is 0 Å². The standard InChI is InChI=1S/C17H23Si.3ClH.Ti/c1-13-8-14(2)10-16(9-13)11-15-6-7-17(12-15)18(3,4)5;;;;/h7-10H,6,11H2,1-5H3;3*1H;/q;;;;+3/p-3. The number of hydrogen-bond acceptors (Lipinski definition) is 0. The van der Waals surface area contributed by atoms with Gasteiger partial charge in [-0.3, -0.25) is 0 Å². The Morgan fingerprint density at radius 3 is 1.86 bits per heavy atom. The molecule has 0 saturated carbocycles. The molecule has 1 aliphatic carbocycles. The van der Waals surface area contributed by atoms with Crippen molar-refractivity contribution in [2.24, 2.45) is 0 Å². The molecule has 0 heterocycles. The van der Waals surface area contributed by atoms with Crippen molar-refractivity contribution in [2.45, 2.75) is 46.3 Å². The smallest absolute Gasteiger partial charge is 1.00 e. The topological polar surface area (TPSA) is 0 Å². The molecule has 120 valence electrons. The number of rotatable bonds is 3. The third-order valence-corrected chi connectivity index (χ3v) is 7.12. The van der Waals surface area contributed by atoms with Crippen molar-refractivity contribution >= 4 is 8.07 Å². The van der Waals surface area contributed by atoms with Crippen LogP contribution >= 0.6 is 0 Å². The summed E-state index contributed by atoms with van der Waals surface area (Å²) in [5, 5.41) is 1.67. The quantitative estimate of drug-likeness (QED) is 0.445. The molecule has 0 atom stereocenters. The number of allylic oxidation sites excluding steroid dienone is 4. The van der Waals surface area contributed by atoms with Crippen LogP contribution in [0.15, 0.2) is 38.9 Å². The second kappa shape index (κ2) is 9.71. The Balaban J connectivity index is 0. The largest absolute Gasteiger partial charge is 1.00 e. The molecule has 0 saturated heterocycles. The van der Waals surface area contributed by atoms with Gasteiger partial charge in [0.2, 0.25) is 0 Å². The van der Waals surface area contributed by atoms with Gasteiger partial charge < -0.3 is 37.2 Å². The van der Waals surface area contributed by atoms with Crippen molar-refractivity contribution in [1.82, 2.24) is 0 Å². The third-order valence-electron chi connectivity index (χ3n) is 3.68. The molecule has 1 aliphatic rings. The first-order valence-electron chi connectivity index (χ1n) is 6.99. The summed E-state index contributed by atoms with van der Waals surface area (Å²) in [6.45, 7) is 11.7. The maximum absolute atomic E-state index is 2.49.